The second-order valence-electron chi connectivity index (χ2n) is 6.77. The fourth-order valence-corrected chi connectivity index (χ4v) is 3.31. The van der Waals surface area contributed by atoms with E-state index in [0.717, 1.165) is 42.0 Å². The van der Waals surface area contributed by atoms with E-state index in [1.165, 1.54) is 6.92 Å². The molecule has 0 saturated heterocycles. The highest BCUT2D eigenvalue weighted by Crippen LogP contribution is 2.40. The van der Waals surface area contributed by atoms with E-state index in [4.69, 9.17) is 4.52 Å². The summed E-state index contributed by atoms with van der Waals surface area (Å²) in [6.45, 7) is 2.95. The first-order valence-electron chi connectivity index (χ1n) is 8.57. The predicted molar refractivity (Wildman–Crippen MR) is 87.7 cm³/mol. The van der Waals surface area contributed by atoms with E-state index in [9.17, 15) is 9.59 Å². The van der Waals surface area contributed by atoms with Gasteiger partial charge in [0.15, 0.2) is 5.69 Å². The number of aryl methyl sites for hydroxylation is 1. The van der Waals surface area contributed by atoms with E-state index in [2.05, 4.69) is 15.6 Å². The Balaban J connectivity index is 1.52. The lowest BCUT2D eigenvalue weighted by molar-refractivity contribution is -0.119. The smallest absolute Gasteiger partial charge is 0.276 e. The molecule has 1 aliphatic carbocycles. The van der Waals surface area contributed by atoms with Crippen LogP contribution in [0.4, 0.5) is 0 Å². The number of aromatic nitrogens is 3. The van der Waals surface area contributed by atoms with Crippen molar-refractivity contribution >= 4 is 11.8 Å². The fraction of sp³-hybridized carbons (Fsp3) is 0.529. The van der Waals surface area contributed by atoms with E-state index < -0.39 is 0 Å². The lowest BCUT2D eigenvalue weighted by Crippen LogP contribution is -2.36. The van der Waals surface area contributed by atoms with Crippen LogP contribution in [0.5, 0.6) is 0 Å². The van der Waals surface area contributed by atoms with Crippen LogP contribution in [-0.2, 0) is 31.4 Å². The molecule has 1 N–H and O–H groups in total. The molecule has 2 aromatic heterocycles. The standard InChI is InChI=1S/C17H21N5O3/c1-10(23)18-8-14-12-9-22(6-5-15(12)21(2)19-14)17(24)13-7-16(25-20-13)11-3-4-11/h7,11H,3-6,8-9H2,1-2H3,(H,18,23). The molecule has 3 heterocycles. The molecule has 4 rings (SSSR count). The third-order valence-electron chi connectivity index (χ3n) is 4.84. The lowest BCUT2D eigenvalue weighted by Gasteiger charge is -2.27. The minimum atomic E-state index is -0.115. The van der Waals surface area contributed by atoms with Gasteiger partial charge in [-0.1, -0.05) is 5.16 Å². The summed E-state index contributed by atoms with van der Waals surface area (Å²) < 4.78 is 7.14. The molecule has 0 bridgehead atoms. The number of amides is 2. The number of hydrogen-bond acceptors (Lipinski definition) is 5. The predicted octanol–water partition coefficient (Wildman–Crippen LogP) is 1.12. The summed E-state index contributed by atoms with van der Waals surface area (Å²) in [7, 11) is 1.90. The van der Waals surface area contributed by atoms with Crippen molar-refractivity contribution in [3.63, 3.8) is 0 Å². The molecule has 132 valence electrons. The largest absolute Gasteiger partial charge is 0.360 e. The Bertz CT molecular complexity index is 833. The van der Waals surface area contributed by atoms with Crippen molar-refractivity contribution in [2.75, 3.05) is 6.54 Å². The van der Waals surface area contributed by atoms with Crippen molar-refractivity contribution in [3.05, 3.63) is 34.5 Å². The highest BCUT2D eigenvalue weighted by molar-refractivity contribution is 5.92. The zero-order valence-corrected chi connectivity index (χ0v) is 14.4. The summed E-state index contributed by atoms with van der Waals surface area (Å²) in [5.41, 5.74) is 3.31. The van der Waals surface area contributed by atoms with Crippen LogP contribution in [0.3, 0.4) is 0 Å². The number of fused-ring (bicyclic) bond motifs is 1. The van der Waals surface area contributed by atoms with Crippen molar-refractivity contribution in [3.8, 4) is 0 Å². The van der Waals surface area contributed by atoms with Crippen molar-refractivity contribution in [1.29, 1.82) is 0 Å². The molecule has 1 saturated carbocycles. The molecule has 0 radical (unpaired) electrons. The highest BCUT2D eigenvalue weighted by atomic mass is 16.5. The monoisotopic (exact) mass is 343 g/mol. The Kier molecular flexibility index (Phi) is 3.82. The summed E-state index contributed by atoms with van der Waals surface area (Å²) in [4.78, 5) is 25.7. The molecular formula is C17H21N5O3. The van der Waals surface area contributed by atoms with E-state index in [1.54, 1.807) is 11.0 Å². The average molecular weight is 343 g/mol. The van der Waals surface area contributed by atoms with Crippen LogP contribution >= 0.6 is 0 Å². The first-order chi connectivity index (χ1) is 12.0. The van der Waals surface area contributed by atoms with Gasteiger partial charge >= 0.3 is 0 Å². The zero-order valence-electron chi connectivity index (χ0n) is 14.4. The summed E-state index contributed by atoms with van der Waals surface area (Å²) in [6.07, 6.45) is 2.95. The van der Waals surface area contributed by atoms with Gasteiger partial charge in [-0.2, -0.15) is 5.10 Å². The molecular weight excluding hydrogens is 322 g/mol. The summed E-state index contributed by atoms with van der Waals surface area (Å²) in [5.74, 6) is 1.03. The van der Waals surface area contributed by atoms with Gasteiger partial charge in [-0.3, -0.25) is 14.3 Å². The van der Waals surface area contributed by atoms with Crippen LogP contribution < -0.4 is 5.32 Å². The van der Waals surface area contributed by atoms with E-state index in [-0.39, 0.29) is 11.8 Å². The van der Waals surface area contributed by atoms with Crippen LogP contribution in [0, 0.1) is 0 Å². The molecule has 0 aromatic carbocycles. The average Bonchev–Trinajstić information content (AvgIpc) is 3.24. The maximum atomic E-state index is 12.8. The fourth-order valence-electron chi connectivity index (χ4n) is 3.31. The Hall–Kier alpha value is -2.64. The van der Waals surface area contributed by atoms with Crippen LogP contribution in [0.15, 0.2) is 10.6 Å². The van der Waals surface area contributed by atoms with Crippen molar-refractivity contribution in [2.45, 2.75) is 45.2 Å². The summed E-state index contributed by atoms with van der Waals surface area (Å²) in [6, 6.07) is 1.77. The quantitative estimate of drug-likeness (QED) is 0.898. The first kappa shape index (κ1) is 15.9. The van der Waals surface area contributed by atoms with Crippen molar-refractivity contribution in [2.24, 2.45) is 7.05 Å². The van der Waals surface area contributed by atoms with E-state index >= 15 is 0 Å². The zero-order chi connectivity index (χ0) is 17.6. The van der Waals surface area contributed by atoms with Crippen molar-refractivity contribution < 1.29 is 14.1 Å². The van der Waals surface area contributed by atoms with Gasteiger partial charge in [0.2, 0.25) is 5.91 Å². The van der Waals surface area contributed by atoms with Crippen LogP contribution in [0.2, 0.25) is 0 Å². The Morgan fingerprint density at radius 1 is 1.40 bits per heavy atom. The molecule has 2 aromatic rings. The van der Waals surface area contributed by atoms with E-state index in [0.29, 0.717) is 31.2 Å². The number of nitrogens with one attached hydrogen (secondary N) is 1. The number of carbonyl (C=O) groups excluding carboxylic acids is 2. The molecule has 8 nitrogen and oxygen atoms in total. The molecule has 25 heavy (non-hydrogen) atoms. The van der Waals surface area contributed by atoms with Gasteiger partial charge in [0.25, 0.3) is 5.91 Å². The number of carbonyl (C=O) groups is 2. The molecule has 2 amide bonds. The minimum Gasteiger partial charge on any atom is -0.360 e. The van der Waals surface area contributed by atoms with Gasteiger partial charge in [0.05, 0.1) is 12.2 Å². The Morgan fingerprint density at radius 3 is 2.92 bits per heavy atom. The molecule has 2 aliphatic rings. The second-order valence-corrected chi connectivity index (χ2v) is 6.77. The normalized spacial score (nSPS) is 16.6. The van der Waals surface area contributed by atoms with Gasteiger partial charge in [0, 0.05) is 56.7 Å². The molecule has 8 heteroatoms. The van der Waals surface area contributed by atoms with Gasteiger partial charge in [0.1, 0.15) is 5.76 Å². The van der Waals surface area contributed by atoms with Gasteiger partial charge in [-0.25, -0.2) is 0 Å². The van der Waals surface area contributed by atoms with Gasteiger partial charge < -0.3 is 14.7 Å². The molecule has 0 unspecified atom stereocenters. The molecule has 0 spiro atoms. The van der Waals surface area contributed by atoms with Gasteiger partial charge in [-0.15, -0.1) is 0 Å². The Labute approximate surface area is 145 Å². The maximum Gasteiger partial charge on any atom is 0.276 e. The summed E-state index contributed by atoms with van der Waals surface area (Å²) in [5, 5.41) is 11.2. The number of hydrogen-bond donors (Lipinski definition) is 1. The van der Waals surface area contributed by atoms with E-state index in [1.807, 2.05) is 11.7 Å². The summed E-state index contributed by atoms with van der Waals surface area (Å²) >= 11 is 0. The number of rotatable bonds is 4. The third-order valence-corrected chi connectivity index (χ3v) is 4.84. The number of nitrogens with zero attached hydrogens (tertiary/aromatic N) is 4. The first-order valence-corrected chi connectivity index (χ1v) is 8.57. The van der Waals surface area contributed by atoms with Crippen molar-refractivity contribution in [1.82, 2.24) is 25.2 Å². The second kappa shape index (κ2) is 6.02. The third kappa shape index (κ3) is 3.04. The molecule has 0 atom stereocenters. The topological polar surface area (TPSA) is 93.3 Å². The molecule has 1 aliphatic heterocycles. The van der Waals surface area contributed by atoms with Gasteiger partial charge in [-0.05, 0) is 12.8 Å². The Morgan fingerprint density at radius 2 is 2.20 bits per heavy atom. The van der Waals surface area contributed by atoms with Crippen LogP contribution in [0.1, 0.15) is 58.9 Å². The minimum absolute atomic E-state index is 0.0988. The van der Waals surface area contributed by atoms with Crippen LogP contribution in [0.25, 0.3) is 0 Å². The van der Waals surface area contributed by atoms with Crippen LogP contribution in [-0.4, -0.2) is 38.2 Å². The molecule has 1 fully saturated rings. The lowest BCUT2D eigenvalue weighted by atomic mass is 10.0. The SMILES string of the molecule is CC(=O)NCc1nn(C)c2c1CN(C(=O)c1cc(C3CC3)on1)CC2. The maximum absolute atomic E-state index is 12.8. The highest BCUT2D eigenvalue weighted by Gasteiger charge is 2.32.